The van der Waals surface area contributed by atoms with Crippen molar-refractivity contribution in [2.24, 2.45) is 0 Å². The molecule has 34 heavy (non-hydrogen) atoms. The number of carbonyl (C=O) groups is 2. The van der Waals surface area contributed by atoms with Crippen LogP contribution in [-0.2, 0) is 16.1 Å². The van der Waals surface area contributed by atoms with Crippen molar-refractivity contribution < 1.29 is 23.6 Å². The van der Waals surface area contributed by atoms with Crippen LogP contribution in [0.1, 0.15) is 22.1 Å². The van der Waals surface area contributed by atoms with E-state index >= 15 is 0 Å². The summed E-state index contributed by atoms with van der Waals surface area (Å²) in [5.41, 5.74) is 1.85. The Morgan fingerprint density at radius 1 is 0.941 bits per heavy atom. The van der Waals surface area contributed by atoms with Gasteiger partial charge in [-0.05, 0) is 48.5 Å². The molecule has 0 radical (unpaired) electrons. The highest BCUT2D eigenvalue weighted by Crippen LogP contribution is 2.47. The molecule has 9 heteroatoms. The van der Waals surface area contributed by atoms with Crippen LogP contribution in [-0.4, -0.2) is 28.6 Å². The number of rotatable bonds is 6. The Kier molecular flexibility index (Phi) is 6.01. The number of aromatic nitrogens is 2. The molecular formula is C25H19N3O5S. The molecule has 2 heterocycles. The lowest BCUT2D eigenvalue weighted by molar-refractivity contribution is -0.121. The molecule has 1 amide bonds. The maximum absolute atomic E-state index is 13.1. The van der Waals surface area contributed by atoms with Crippen LogP contribution in [0.25, 0.3) is 0 Å². The van der Waals surface area contributed by atoms with Crippen LogP contribution in [0.4, 0.5) is 11.4 Å². The van der Waals surface area contributed by atoms with Crippen molar-refractivity contribution in [2.45, 2.75) is 23.3 Å². The molecule has 0 unspecified atom stereocenters. The standard InChI is InChI=1S/C25H19N3O5S/c1-16-26-23(27-33-16)14-31-18-12-10-17(11-13-18)25(30)32-15-24(29)28-19-6-2-4-8-21(19)34-22-9-5-3-7-20(22)28/h2-13H,14-15H2,1H3. The van der Waals surface area contributed by atoms with E-state index in [1.54, 1.807) is 47.9 Å². The maximum Gasteiger partial charge on any atom is 0.338 e. The molecule has 1 aliphatic rings. The van der Waals surface area contributed by atoms with Gasteiger partial charge in [-0.25, -0.2) is 4.79 Å². The lowest BCUT2D eigenvalue weighted by atomic mass is 10.2. The molecular weight excluding hydrogens is 454 g/mol. The first-order valence-corrected chi connectivity index (χ1v) is 11.3. The first-order chi connectivity index (χ1) is 16.6. The summed E-state index contributed by atoms with van der Waals surface area (Å²) < 4.78 is 15.8. The number of para-hydroxylation sites is 2. The second kappa shape index (κ2) is 9.40. The van der Waals surface area contributed by atoms with E-state index in [1.807, 2.05) is 48.5 Å². The second-order valence-corrected chi connectivity index (χ2v) is 8.47. The lowest BCUT2D eigenvalue weighted by Gasteiger charge is -2.30. The average molecular weight is 474 g/mol. The molecule has 0 spiro atoms. The summed E-state index contributed by atoms with van der Waals surface area (Å²) in [6.07, 6.45) is 0. The molecule has 0 aliphatic carbocycles. The second-order valence-electron chi connectivity index (χ2n) is 7.39. The van der Waals surface area contributed by atoms with Crippen LogP contribution in [0.3, 0.4) is 0 Å². The van der Waals surface area contributed by atoms with Crippen LogP contribution in [0.5, 0.6) is 5.75 Å². The topological polar surface area (TPSA) is 94.8 Å². The molecule has 170 valence electrons. The SMILES string of the molecule is Cc1nc(COc2ccc(C(=O)OCC(=O)N3c4ccccc4Sc4ccccc43)cc2)no1. The van der Waals surface area contributed by atoms with Crippen LogP contribution in [0.15, 0.2) is 87.1 Å². The molecule has 0 N–H and O–H groups in total. The van der Waals surface area contributed by atoms with Gasteiger partial charge in [0.05, 0.1) is 16.9 Å². The molecule has 0 fully saturated rings. The Balaban J connectivity index is 1.23. The van der Waals surface area contributed by atoms with Crippen molar-refractivity contribution in [1.82, 2.24) is 10.1 Å². The van der Waals surface area contributed by atoms with Crippen molar-refractivity contribution in [2.75, 3.05) is 11.5 Å². The molecule has 0 saturated heterocycles. The molecule has 0 bridgehead atoms. The lowest BCUT2D eigenvalue weighted by Crippen LogP contribution is -2.32. The fourth-order valence-electron chi connectivity index (χ4n) is 3.48. The van der Waals surface area contributed by atoms with Crippen molar-refractivity contribution in [3.63, 3.8) is 0 Å². The quantitative estimate of drug-likeness (QED) is 0.363. The number of benzene rings is 3. The fourth-order valence-corrected chi connectivity index (χ4v) is 4.54. The van der Waals surface area contributed by atoms with Gasteiger partial charge in [0.1, 0.15) is 5.75 Å². The third-order valence-corrected chi connectivity index (χ3v) is 6.17. The van der Waals surface area contributed by atoms with Crippen molar-refractivity contribution in [1.29, 1.82) is 0 Å². The number of esters is 1. The van der Waals surface area contributed by atoms with Gasteiger partial charge in [-0.15, -0.1) is 0 Å². The summed E-state index contributed by atoms with van der Waals surface area (Å²) >= 11 is 1.60. The molecule has 0 atom stereocenters. The monoisotopic (exact) mass is 473 g/mol. The van der Waals surface area contributed by atoms with Gasteiger partial charge in [-0.2, -0.15) is 4.98 Å². The Bertz CT molecular complexity index is 1310. The van der Waals surface area contributed by atoms with Gasteiger partial charge < -0.3 is 14.0 Å². The smallest absolute Gasteiger partial charge is 0.338 e. The number of nitrogens with zero attached hydrogens (tertiary/aromatic N) is 3. The van der Waals surface area contributed by atoms with Gasteiger partial charge in [0, 0.05) is 16.7 Å². The minimum atomic E-state index is -0.596. The predicted octanol–water partition coefficient (Wildman–Crippen LogP) is 4.94. The molecule has 8 nitrogen and oxygen atoms in total. The van der Waals surface area contributed by atoms with E-state index in [9.17, 15) is 9.59 Å². The Morgan fingerprint density at radius 3 is 2.21 bits per heavy atom. The molecule has 1 aromatic heterocycles. The summed E-state index contributed by atoms with van der Waals surface area (Å²) in [6, 6.07) is 21.7. The number of carbonyl (C=O) groups excluding carboxylic acids is 2. The zero-order chi connectivity index (χ0) is 23.5. The highest BCUT2D eigenvalue weighted by Gasteiger charge is 2.28. The van der Waals surface area contributed by atoms with E-state index in [2.05, 4.69) is 10.1 Å². The summed E-state index contributed by atoms with van der Waals surface area (Å²) in [5, 5.41) is 3.76. The number of hydrogen-bond acceptors (Lipinski definition) is 8. The Morgan fingerprint density at radius 2 is 1.59 bits per heavy atom. The molecule has 5 rings (SSSR count). The highest BCUT2D eigenvalue weighted by molar-refractivity contribution is 7.99. The molecule has 1 aliphatic heterocycles. The van der Waals surface area contributed by atoms with Crippen molar-refractivity contribution in [3.05, 3.63) is 90.1 Å². The summed E-state index contributed by atoms with van der Waals surface area (Å²) in [4.78, 5) is 33.3. The normalized spacial score (nSPS) is 12.0. The highest BCUT2D eigenvalue weighted by atomic mass is 32.2. The van der Waals surface area contributed by atoms with E-state index in [4.69, 9.17) is 14.0 Å². The fraction of sp³-hybridized carbons (Fsp3) is 0.120. The average Bonchev–Trinajstić information content (AvgIpc) is 3.29. The first-order valence-electron chi connectivity index (χ1n) is 10.5. The van der Waals surface area contributed by atoms with Crippen molar-refractivity contribution >= 4 is 35.0 Å². The van der Waals surface area contributed by atoms with Crippen LogP contribution < -0.4 is 9.64 Å². The van der Waals surface area contributed by atoms with Crippen LogP contribution >= 0.6 is 11.8 Å². The number of hydrogen-bond donors (Lipinski definition) is 0. The first kappa shape index (κ1) is 21.7. The van der Waals surface area contributed by atoms with E-state index in [0.717, 1.165) is 21.2 Å². The van der Waals surface area contributed by atoms with Gasteiger partial charge in [0.15, 0.2) is 13.2 Å². The van der Waals surface area contributed by atoms with Gasteiger partial charge in [0.2, 0.25) is 11.7 Å². The van der Waals surface area contributed by atoms with Crippen LogP contribution in [0.2, 0.25) is 0 Å². The number of aryl methyl sites for hydroxylation is 1. The summed E-state index contributed by atoms with van der Waals surface area (Å²) in [6.45, 7) is 1.46. The van der Waals surface area contributed by atoms with Gasteiger partial charge in [-0.3, -0.25) is 9.69 Å². The van der Waals surface area contributed by atoms with Gasteiger partial charge >= 0.3 is 5.97 Å². The molecule has 0 saturated carbocycles. The molecule has 3 aromatic carbocycles. The van der Waals surface area contributed by atoms with Crippen LogP contribution in [0, 0.1) is 6.92 Å². The van der Waals surface area contributed by atoms with E-state index in [0.29, 0.717) is 23.0 Å². The summed E-state index contributed by atoms with van der Waals surface area (Å²) in [5.74, 6) is 0.500. The zero-order valence-electron chi connectivity index (χ0n) is 18.1. The maximum atomic E-state index is 13.1. The zero-order valence-corrected chi connectivity index (χ0v) is 19.0. The largest absolute Gasteiger partial charge is 0.485 e. The van der Waals surface area contributed by atoms with Gasteiger partial charge in [0.25, 0.3) is 5.91 Å². The minimum absolute atomic E-state index is 0.146. The number of amides is 1. The van der Waals surface area contributed by atoms with Crippen molar-refractivity contribution in [3.8, 4) is 5.75 Å². The molecule has 4 aromatic rings. The number of anilines is 2. The van der Waals surface area contributed by atoms with E-state index in [1.165, 1.54) is 0 Å². The predicted molar refractivity (Wildman–Crippen MR) is 124 cm³/mol. The van der Waals surface area contributed by atoms with E-state index < -0.39 is 5.97 Å². The van der Waals surface area contributed by atoms with E-state index in [-0.39, 0.29) is 19.1 Å². The Labute approximate surface area is 199 Å². The summed E-state index contributed by atoms with van der Waals surface area (Å²) in [7, 11) is 0. The number of ether oxygens (including phenoxy) is 2. The third kappa shape index (κ3) is 4.51. The van der Waals surface area contributed by atoms with Gasteiger partial charge in [-0.1, -0.05) is 41.2 Å². The number of fused-ring (bicyclic) bond motifs is 2. The third-order valence-electron chi connectivity index (χ3n) is 5.04. The minimum Gasteiger partial charge on any atom is -0.485 e. The Hall–Kier alpha value is -4.11.